The van der Waals surface area contributed by atoms with Crippen molar-refractivity contribution in [3.8, 4) is 0 Å². The van der Waals surface area contributed by atoms with Crippen LogP contribution in [-0.2, 0) is 11.3 Å². The summed E-state index contributed by atoms with van der Waals surface area (Å²) in [7, 11) is 1.71. The molecule has 26 heavy (non-hydrogen) atoms. The van der Waals surface area contributed by atoms with Gasteiger partial charge in [0, 0.05) is 37.2 Å². The van der Waals surface area contributed by atoms with Gasteiger partial charge < -0.3 is 9.30 Å². The van der Waals surface area contributed by atoms with Crippen molar-refractivity contribution in [1.82, 2.24) is 24.8 Å². The summed E-state index contributed by atoms with van der Waals surface area (Å²) in [6.07, 6.45) is 5.63. The van der Waals surface area contributed by atoms with Crippen LogP contribution in [0.1, 0.15) is 59.9 Å². The van der Waals surface area contributed by atoms with Gasteiger partial charge in [-0.15, -0.1) is 5.10 Å². The Bertz CT molecular complexity index is 749. The third-order valence-corrected chi connectivity index (χ3v) is 6.00. The molecule has 0 bridgehead atoms. The summed E-state index contributed by atoms with van der Waals surface area (Å²) in [5, 5.41) is 12.8. The third-order valence-electron chi connectivity index (χ3n) is 5.07. The van der Waals surface area contributed by atoms with Gasteiger partial charge in [-0.2, -0.15) is 0 Å². The number of rotatable bonds is 9. The Morgan fingerprint density at radius 1 is 1.35 bits per heavy atom. The van der Waals surface area contributed by atoms with Gasteiger partial charge in [0.1, 0.15) is 0 Å². The molecule has 2 heterocycles. The monoisotopic (exact) mass is 377 g/mol. The van der Waals surface area contributed by atoms with Crippen molar-refractivity contribution in [2.24, 2.45) is 0 Å². The van der Waals surface area contributed by atoms with Crippen LogP contribution in [0, 0.1) is 13.8 Å². The number of nitrogens with zero attached hydrogens (tertiary/aromatic N) is 5. The van der Waals surface area contributed by atoms with Crippen LogP contribution in [0.25, 0.3) is 0 Å². The maximum absolute atomic E-state index is 12.8. The fourth-order valence-electron chi connectivity index (χ4n) is 3.66. The number of aryl methyl sites for hydroxylation is 1. The summed E-state index contributed by atoms with van der Waals surface area (Å²) < 4.78 is 9.22. The highest BCUT2D eigenvalue weighted by Gasteiger charge is 2.23. The van der Waals surface area contributed by atoms with E-state index in [0.717, 1.165) is 54.5 Å². The van der Waals surface area contributed by atoms with Crippen LogP contribution in [0.3, 0.4) is 0 Å². The molecule has 0 unspecified atom stereocenters. The first-order valence-corrected chi connectivity index (χ1v) is 10.2. The lowest BCUT2D eigenvalue weighted by Crippen LogP contribution is -2.11. The molecule has 3 rings (SSSR count). The van der Waals surface area contributed by atoms with Gasteiger partial charge in [0.25, 0.3) is 0 Å². The van der Waals surface area contributed by atoms with E-state index in [0.29, 0.717) is 11.8 Å². The van der Waals surface area contributed by atoms with E-state index in [1.165, 1.54) is 24.6 Å². The maximum Gasteiger partial charge on any atom is 0.210 e. The molecule has 0 atom stereocenters. The van der Waals surface area contributed by atoms with E-state index in [1.54, 1.807) is 7.11 Å². The molecule has 0 saturated heterocycles. The van der Waals surface area contributed by atoms with Gasteiger partial charge in [0.15, 0.2) is 5.78 Å². The second-order valence-corrected chi connectivity index (χ2v) is 7.78. The quantitative estimate of drug-likeness (QED) is 0.379. The molecule has 7 nitrogen and oxygen atoms in total. The number of ketones is 1. The Balaban J connectivity index is 1.64. The van der Waals surface area contributed by atoms with E-state index in [1.807, 2.05) is 24.6 Å². The molecular formula is C18H27N5O2S. The molecule has 2 aromatic heterocycles. The molecule has 0 amide bonds. The van der Waals surface area contributed by atoms with Crippen molar-refractivity contribution in [3.05, 3.63) is 23.0 Å². The number of tetrazole rings is 1. The summed E-state index contributed by atoms with van der Waals surface area (Å²) in [5.41, 5.74) is 2.94. The molecule has 1 aliphatic carbocycles. The average Bonchev–Trinajstić information content (AvgIpc) is 3.35. The fraction of sp³-hybridized carbons (Fsp3) is 0.667. The number of Topliss-reactive ketones (excluding diaryl/α,β-unsaturated/α-hetero) is 1. The number of carbonyl (C=O) groups is 1. The van der Waals surface area contributed by atoms with Crippen molar-refractivity contribution < 1.29 is 9.53 Å². The van der Waals surface area contributed by atoms with Gasteiger partial charge in [-0.25, -0.2) is 4.68 Å². The van der Waals surface area contributed by atoms with Crippen LogP contribution >= 0.6 is 11.8 Å². The third kappa shape index (κ3) is 4.17. The predicted octanol–water partition coefficient (Wildman–Crippen LogP) is 3.22. The smallest absolute Gasteiger partial charge is 0.210 e. The minimum absolute atomic E-state index is 0.127. The van der Waals surface area contributed by atoms with E-state index in [2.05, 4.69) is 20.1 Å². The topological polar surface area (TPSA) is 74.8 Å². The molecule has 0 aromatic carbocycles. The second kappa shape index (κ2) is 8.81. The Kier molecular flexibility index (Phi) is 6.48. The minimum atomic E-state index is 0.127. The molecule has 0 N–H and O–H groups in total. The number of methoxy groups -OCH3 is 1. The fourth-order valence-corrected chi connectivity index (χ4v) is 4.49. The molecule has 0 radical (unpaired) electrons. The zero-order valence-electron chi connectivity index (χ0n) is 15.8. The molecule has 8 heteroatoms. The molecule has 1 aliphatic rings. The SMILES string of the molecule is COCCCn1c(C)cc(C(=O)CSc2nnnn2C2CCCC2)c1C. The first-order valence-electron chi connectivity index (χ1n) is 9.21. The summed E-state index contributed by atoms with van der Waals surface area (Å²) >= 11 is 1.44. The lowest BCUT2D eigenvalue weighted by atomic mass is 10.2. The first-order chi connectivity index (χ1) is 12.6. The van der Waals surface area contributed by atoms with Crippen LogP contribution in [0.2, 0.25) is 0 Å². The molecule has 142 valence electrons. The standard InChI is InChI=1S/C18H27N5O2S/c1-13-11-16(14(2)22(13)9-6-10-25-3)17(24)12-26-18-19-20-21-23(18)15-7-4-5-8-15/h11,15H,4-10,12H2,1-3H3. The number of hydrogen-bond acceptors (Lipinski definition) is 6. The summed E-state index contributed by atoms with van der Waals surface area (Å²) in [4.78, 5) is 12.8. The average molecular weight is 378 g/mol. The summed E-state index contributed by atoms with van der Waals surface area (Å²) in [6.45, 7) is 5.65. The first kappa shape index (κ1) is 19.1. The Morgan fingerprint density at radius 2 is 2.12 bits per heavy atom. The van der Waals surface area contributed by atoms with Crippen molar-refractivity contribution >= 4 is 17.5 Å². The van der Waals surface area contributed by atoms with E-state index in [4.69, 9.17) is 4.74 Å². The number of thioether (sulfide) groups is 1. The van der Waals surface area contributed by atoms with Crippen molar-refractivity contribution in [2.75, 3.05) is 19.5 Å². The van der Waals surface area contributed by atoms with Gasteiger partial charge in [0.05, 0.1) is 11.8 Å². The van der Waals surface area contributed by atoms with Crippen LogP contribution in [-0.4, -0.2) is 50.0 Å². The van der Waals surface area contributed by atoms with Crippen LogP contribution in [0.4, 0.5) is 0 Å². The molecule has 0 aliphatic heterocycles. The van der Waals surface area contributed by atoms with Crippen molar-refractivity contribution in [1.29, 1.82) is 0 Å². The largest absolute Gasteiger partial charge is 0.385 e. The van der Waals surface area contributed by atoms with Gasteiger partial charge in [0.2, 0.25) is 5.16 Å². The Hall–Kier alpha value is -1.67. The molecule has 1 fully saturated rings. The highest BCUT2D eigenvalue weighted by molar-refractivity contribution is 7.99. The van der Waals surface area contributed by atoms with Crippen LogP contribution < -0.4 is 0 Å². The molecule has 1 saturated carbocycles. The van der Waals surface area contributed by atoms with Gasteiger partial charge >= 0.3 is 0 Å². The maximum atomic E-state index is 12.8. The normalized spacial score (nSPS) is 15.0. The van der Waals surface area contributed by atoms with E-state index >= 15 is 0 Å². The van der Waals surface area contributed by atoms with Crippen molar-refractivity contribution in [2.45, 2.75) is 63.7 Å². The highest BCUT2D eigenvalue weighted by atomic mass is 32.2. The molecular weight excluding hydrogens is 350 g/mol. The van der Waals surface area contributed by atoms with E-state index < -0.39 is 0 Å². The highest BCUT2D eigenvalue weighted by Crippen LogP contribution is 2.31. The predicted molar refractivity (Wildman–Crippen MR) is 101 cm³/mol. The number of aromatic nitrogens is 5. The van der Waals surface area contributed by atoms with Gasteiger partial charge in [-0.05, 0) is 49.6 Å². The number of hydrogen-bond donors (Lipinski definition) is 0. The molecule has 0 spiro atoms. The lowest BCUT2D eigenvalue weighted by molar-refractivity contribution is 0.102. The van der Waals surface area contributed by atoms with Crippen molar-refractivity contribution in [3.63, 3.8) is 0 Å². The Morgan fingerprint density at radius 3 is 2.85 bits per heavy atom. The van der Waals surface area contributed by atoms with E-state index in [-0.39, 0.29) is 5.78 Å². The van der Waals surface area contributed by atoms with Gasteiger partial charge in [-0.1, -0.05) is 24.6 Å². The van der Waals surface area contributed by atoms with E-state index in [9.17, 15) is 4.79 Å². The molecule has 2 aromatic rings. The summed E-state index contributed by atoms with van der Waals surface area (Å²) in [5.74, 6) is 0.484. The van der Waals surface area contributed by atoms with Gasteiger partial charge in [-0.3, -0.25) is 4.79 Å². The zero-order chi connectivity index (χ0) is 18.5. The number of ether oxygens (including phenoxy) is 1. The van der Waals surface area contributed by atoms with Crippen LogP contribution in [0.5, 0.6) is 0 Å². The second-order valence-electron chi connectivity index (χ2n) is 6.84. The zero-order valence-corrected chi connectivity index (χ0v) is 16.6. The summed E-state index contributed by atoms with van der Waals surface area (Å²) in [6, 6.07) is 2.37. The van der Waals surface area contributed by atoms with Crippen LogP contribution in [0.15, 0.2) is 11.2 Å². The minimum Gasteiger partial charge on any atom is -0.385 e. The number of carbonyl (C=O) groups excluding carboxylic acids is 1. The lowest BCUT2D eigenvalue weighted by Gasteiger charge is -2.11. The Labute approximate surface area is 158 Å².